The maximum atomic E-state index is 13.4. The lowest BCUT2D eigenvalue weighted by Crippen LogP contribution is -2.48. The van der Waals surface area contributed by atoms with Crippen LogP contribution in [-0.2, 0) is 16.8 Å². The normalized spacial score (nSPS) is 22.5. The lowest BCUT2D eigenvalue weighted by Gasteiger charge is -2.33. The fourth-order valence-corrected chi connectivity index (χ4v) is 4.32. The Balaban J connectivity index is 1.69. The van der Waals surface area contributed by atoms with Gasteiger partial charge in [0.1, 0.15) is 11.6 Å². The minimum absolute atomic E-state index is 0.317. The molecule has 2 aromatic carbocycles. The van der Waals surface area contributed by atoms with Crippen molar-refractivity contribution in [2.24, 2.45) is 0 Å². The van der Waals surface area contributed by atoms with Gasteiger partial charge in [-0.3, -0.25) is 14.5 Å². The van der Waals surface area contributed by atoms with Gasteiger partial charge in [0, 0.05) is 10.6 Å². The Kier molecular flexibility index (Phi) is 4.27. The molecule has 0 saturated carbocycles. The summed E-state index contributed by atoms with van der Waals surface area (Å²) in [6.07, 6.45) is 2.20. The number of urea groups is 1. The van der Waals surface area contributed by atoms with Crippen LogP contribution in [-0.4, -0.2) is 28.7 Å². The molecule has 1 saturated heterocycles. The monoisotopic (exact) mass is 382 g/mol. The minimum Gasteiger partial charge on any atom is -0.319 e. The average Bonchev–Trinajstić information content (AvgIpc) is 2.91. The van der Waals surface area contributed by atoms with E-state index in [0.717, 1.165) is 28.9 Å². The third-order valence-electron chi connectivity index (χ3n) is 5.47. The molecule has 138 valence electrons. The molecule has 27 heavy (non-hydrogen) atoms. The number of rotatable bonds is 3. The molecule has 1 fully saturated rings. The second-order valence-corrected chi connectivity index (χ2v) is 7.51. The summed E-state index contributed by atoms with van der Waals surface area (Å²) in [6.45, 7) is 1.58. The molecule has 6 heteroatoms. The lowest BCUT2D eigenvalue weighted by atomic mass is 9.76. The predicted molar refractivity (Wildman–Crippen MR) is 102 cm³/mol. The van der Waals surface area contributed by atoms with Crippen molar-refractivity contribution in [3.63, 3.8) is 0 Å². The van der Waals surface area contributed by atoms with Crippen LogP contribution in [0.25, 0.3) is 0 Å². The first-order valence-corrected chi connectivity index (χ1v) is 9.36. The van der Waals surface area contributed by atoms with Crippen LogP contribution < -0.4 is 5.32 Å². The molecule has 0 radical (unpaired) electrons. The van der Waals surface area contributed by atoms with E-state index in [1.165, 1.54) is 0 Å². The van der Waals surface area contributed by atoms with Gasteiger partial charge in [-0.1, -0.05) is 48.0 Å². The molecule has 1 aliphatic heterocycles. The first kappa shape index (κ1) is 17.7. The first-order valence-electron chi connectivity index (χ1n) is 8.98. The summed E-state index contributed by atoms with van der Waals surface area (Å²) >= 11 is 5.97. The minimum atomic E-state index is -1.07. The SMILES string of the molecule is CC(C(=O)c1cccc(Cl)c1)N1C(=O)N[C@@]2(CCCc3ccccc32)C1=O. The van der Waals surface area contributed by atoms with Gasteiger partial charge in [-0.15, -0.1) is 0 Å². The maximum absolute atomic E-state index is 13.4. The van der Waals surface area contributed by atoms with Crippen LogP contribution in [0, 0.1) is 0 Å². The van der Waals surface area contributed by atoms with Crippen LogP contribution in [0.5, 0.6) is 0 Å². The molecule has 4 rings (SSSR count). The van der Waals surface area contributed by atoms with Gasteiger partial charge < -0.3 is 5.32 Å². The molecular weight excluding hydrogens is 364 g/mol. The molecule has 1 heterocycles. The predicted octanol–water partition coefficient (Wildman–Crippen LogP) is 3.69. The van der Waals surface area contributed by atoms with Crippen LogP contribution in [0.15, 0.2) is 48.5 Å². The molecule has 1 spiro atoms. The van der Waals surface area contributed by atoms with E-state index in [0.29, 0.717) is 17.0 Å². The number of Topliss-reactive ketones (excluding diaryl/α,β-unsaturated/α-hetero) is 1. The summed E-state index contributed by atoms with van der Waals surface area (Å²) in [5.74, 6) is -0.676. The molecule has 2 atom stereocenters. The fourth-order valence-electron chi connectivity index (χ4n) is 4.13. The van der Waals surface area contributed by atoms with Crippen LogP contribution in [0.4, 0.5) is 4.79 Å². The number of carbonyl (C=O) groups is 3. The molecule has 0 bridgehead atoms. The third kappa shape index (κ3) is 2.73. The summed E-state index contributed by atoms with van der Waals surface area (Å²) in [5.41, 5.74) is 1.20. The Labute approximate surface area is 162 Å². The molecule has 1 N–H and O–H groups in total. The Morgan fingerprint density at radius 2 is 1.96 bits per heavy atom. The van der Waals surface area contributed by atoms with Gasteiger partial charge in [-0.05, 0) is 49.4 Å². The number of carbonyl (C=O) groups excluding carboxylic acids is 3. The zero-order chi connectivity index (χ0) is 19.2. The maximum Gasteiger partial charge on any atom is 0.325 e. The van der Waals surface area contributed by atoms with Crippen molar-refractivity contribution in [2.45, 2.75) is 37.8 Å². The van der Waals surface area contributed by atoms with Crippen LogP contribution in [0.1, 0.15) is 41.3 Å². The van der Waals surface area contributed by atoms with E-state index < -0.39 is 17.6 Å². The van der Waals surface area contributed by atoms with Crippen molar-refractivity contribution >= 4 is 29.3 Å². The van der Waals surface area contributed by atoms with E-state index in [-0.39, 0.29) is 11.7 Å². The summed E-state index contributed by atoms with van der Waals surface area (Å²) in [7, 11) is 0. The van der Waals surface area contributed by atoms with Gasteiger partial charge in [-0.2, -0.15) is 0 Å². The number of hydrogen-bond acceptors (Lipinski definition) is 3. The number of ketones is 1. The van der Waals surface area contributed by atoms with Gasteiger partial charge in [0.05, 0.1) is 0 Å². The number of aryl methyl sites for hydroxylation is 1. The van der Waals surface area contributed by atoms with Crippen molar-refractivity contribution in [1.29, 1.82) is 0 Å². The van der Waals surface area contributed by atoms with Crippen molar-refractivity contribution in [1.82, 2.24) is 10.2 Å². The molecule has 2 aliphatic rings. The summed E-state index contributed by atoms with van der Waals surface area (Å²) in [5, 5.41) is 3.32. The van der Waals surface area contributed by atoms with E-state index in [1.54, 1.807) is 31.2 Å². The number of imide groups is 1. The molecule has 2 aromatic rings. The molecular formula is C21H19ClN2O3. The number of fused-ring (bicyclic) bond motifs is 2. The van der Waals surface area contributed by atoms with Crippen molar-refractivity contribution < 1.29 is 14.4 Å². The van der Waals surface area contributed by atoms with Crippen molar-refractivity contribution in [2.75, 3.05) is 0 Å². The second-order valence-electron chi connectivity index (χ2n) is 7.07. The highest BCUT2D eigenvalue weighted by Gasteiger charge is 2.55. The third-order valence-corrected chi connectivity index (χ3v) is 5.71. The zero-order valence-corrected chi connectivity index (χ0v) is 15.6. The highest BCUT2D eigenvalue weighted by molar-refractivity contribution is 6.31. The zero-order valence-electron chi connectivity index (χ0n) is 14.9. The van der Waals surface area contributed by atoms with Gasteiger partial charge in [0.2, 0.25) is 0 Å². The molecule has 3 amide bonds. The van der Waals surface area contributed by atoms with E-state index in [1.807, 2.05) is 24.3 Å². The lowest BCUT2D eigenvalue weighted by molar-refractivity contribution is -0.133. The van der Waals surface area contributed by atoms with Crippen molar-refractivity contribution in [3.05, 3.63) is 70.2 Å². The van der Waals surface area contributed by atoms with E-state index >= 15 is 0 Å². The summed E-state index contributed by atoms with van der Waals surface area (Å²) < 4.78 is 0. The van der Waals surface area contributed by atoms with E-state index in [9.17, 15) is 14.4 Å². The molecule has 1 unspecified atom stereocenters. The van der Waals surface area contributed by atoms with Gasteiger partial charge in [0.15, 0.2) is 5.78 Å². The Morgan fingerprint density at radius 1 is 1.19 bits per heavy atom. The number of benzene rings is 2. The number of nitrogens with zero attached hydrogens (tertiary/aromatic N) is 1. The number of halogens is 1. The molecule has 1 aliphatic carbocycles. The van der Waals surface area contributed by atoms with Gasteiger partial charge >= 0.3 is 6.03 Å². The van der Waals surface area contributed by atoms with Crippen LogP contribution >= 0.6 is 11.6 Å². The van der Waals surface area contributed by atoms with E-state index in [4.69, 9.17) is 11.6 Å². The Hall–Kier alpha value is -2.66. The van der Waals surface area contributed by atoms with Gasteiger partial charge in [0.25, 0.3) is 5.91 Å². The number of amides is 3. The Bertz CT molecular complexity index is 958. The first-order chi connectivity index (χ1) is 12.9. The second kappa shape index (κ2) is 6.50. The summed E-state index contributed by atoms with van der Waals surface area (Å²) in [4.78, 5) is 40.0. The number of hydrogen-bond donors (Lipinski definition) is 1. The van der Waals surface area contributed by atoms with Crippen LogP contribution in [0.3, 0.4) is 0 Å². The van der Waals surface area contributed by atoms with Crippen LogP contribution in [0.2, 0.25) is 5.02 Å². The largest absolute Gasteiger partial charge is 0.325 e. The fraction of sp³-hybridized carbons (Fsp3) is 0.286. The summed E-state index contributed by atoms with van der Waals surface area (Å²) in [6, 6.07) is 12.8. The molecule has 5 nitrogen and oxygen atoms in total. The molecule has 0 aromatic heterocycles. The van der Waals surface area contributed by atoms with Crippen molar-refractivity contribution in [3.8, 4) is 0 Å². The highest BCUT2D eigenvalue weighted by atomic mass is 35.5. The van der Waals surface area contributed by atoms with Gasteiger partial charge in [-0.25, -0.2) is 4.79 Å². The smallest absolute Gasteiger partial charge is 0.319 e. The topological polar surface area (TPSA) is 66.5 Å². The average molecular weight is 383 g/mol. The standard InChI is InChI=1S/C21H19ClN2O3/c1-13(18(25)15-7-4-9-16(22)12-15)24-19(26)21(23-20(24)27)11-5-8-14-6-2-3-10-17(14)21/h2-4,6-7,9-10,12-13H,5,8,11H2,1H3,(H,23,27)/t13?,21-/m1/s1. The Morgan fingerprint density at radius 3 is 2.74 bits per heavy atom. The van der Waals surface area contributed by atoms with E-state index in [2.05, 4.69) is 5.32 Å². The highest BCUT2D eigenvalue weighted by Crippen LogP contribution is 2.40. The number of nitrogens with one attached hydrogen (secondary N) is 1. The quantitative estimate of drug-likeness (QED) is 0.650.